The van der Waals surface area contributed by atoms with Gasteiger partial charge in [-0.2, -0.15) is 13.2 Å². The number of alkyl halides is 3. The molecule has 0 spiro atoms. The molecule has 1 amide bonds. The highest BCUT2D eigenvalue weighted by Crippen LogP contribution is 2.32. The molecule has 1 aliphatic heterocycles. The normalized spacial score (nSPS) is 14.9. The van der Waals surface area contributed by atoms with Gasteiger partial charge < -0.3 is 10.2 Å². The number of carbonyl (C=O) groups excluding carboxylic acids is 1. The van der Waals surface area contributed by atoms with Crippen molar-refractivity contribution in [1.82, 2.24) is 10.3 Å². The number of piperidine rings is 1. The Bertz CT molecular complexity index is 1200. The van der Waals surface area contributed by atoms with Crippen LogP contribution < -0.4 is 14.9 Å². The third-order valence-corrected chi connectivity index (χ3v) is 5.70. The maximum atomic E-state index is 14.1. The smallest absolute Gasteiger partial charge is 0.356 e. The Hall–Kier alpha value is -3.22. The van der Waals surface area contributed by atoms with E-state index in [0.29, 0.717) is 18.7 Å². The van der Waals surface area contributed by atoms with Crippen molar-refractivity contribution in [2.45, 2.75) is 32.0 Å². The summed E-state index contributed by atoms with van der Waals surface area (Å²) in [5, 5.41) is 2.41. The number of sulfonamides is 1. The van der Waals surface area contributed by atoms with Crippen LogP contribution in [0, 0.1) is 11.6 Å². The molecular formula is C22H23F5N4O3S. The molecule has 2 aromatic rings. The number of nitrogens with zero attached hydrogens (tertiary/aromatic N) is 2. The summed E-state index contributed by atoms with van der Waals surface area (Å²) in [6.07, 6.45) is 1.14. The average molecular weight is 519 g/mol. The molecule has 2 heterocycles. The molecule has 1 aliphatic rings. The first-order valence-corrected chi connectivity index (χ1v) is 12.5. The van der Waals surface area contributed by atoms with Crippen LogP contribution in [-0.2, 0) is 27.5 Å². The Morgan fingerprint density at radius 3 is 2.31 bits per heavy atom. The van der Waals surface area contributed by atoms with Gasteiger partial charge in [0.05, 0.1) is 6.26 Å². The summed E-state index contributed by atoms with van der Waals surface area (Å²) < 4.78 is 91.8. The lowest BCUT2D eigenvalue weighted by molar-refractivity contribution is -0.141. The quantitative estimate of drug-likeness (QED) is 0.426. The SMILES string of the molecule is CS(=O)(=O)Nc1c(F)cc(CNC(=O)/C=C/c2ccc(C(F)(F)F)nc2N2CCCCC2)cc1F. The fourth-order valence-electron chi connectivity index (χ4n) is 3.53. The number of hydrogen-bond donors (Lipinski definition) is 2. The molecule has 13 heteroatoms. The van der Waals surface area contributed by atoms with Gasteiger partial charge in [0.2, 0.25) is 15.9 Å². The molecule has 0 saturated carbocycles. The maximum absolute atomic E-state index is 14.1. The van der Waals surface area contributed by atoms with Gasteiger partial charge in [-0.05, 0) is 55.2 Å². The van der Waals surface area contributed by atoms with E-state index in [9.17, 15) is 35.2 Å². The molecule has 190 valence electrons. The molecule has 1 fully saturated rings. The molecule has 0 aliphatic carbocycles. The minimum absolute atomic E-state index is 0.0333. The molecule has 3 rings (SSSR count). The summed E-state index contributed by atoms with van der Waals surface area (Å²) in [5.41, 5.74) is -1.51. The van der Waals surface area contributed by atoms with Crippen LogP contribution in [-0.4, -0.2) is 38.7 Å². The van der Waals surface area contributed by atoms with E-state index in [1.165, 1.54) is 12.1 Å². The van der Waals surface area contributed by atoms with Crippen LogP contribution in [0.15, 0.2) is 30.3 Å². The summed E-state index contributed by atoms with van der Waals surface area (Å²) in [5.74, 6) is -2.84. The van der Waals surface area contributed by atoms with Gasteiger partial charge in [-0.3, -0.25) is 9.52 Å². The number of carbonyl (C=O) groups is 1. The zero-order chi connectivity index (χ0) is 25.8. The second-order valence-electron chi connectivity index (χ2n) is 8.01. The number of hydrogen-bond acceptors (Lipinski definition) is 5. The van der Waals surface area contributed by atoms with Crippen LogP contribution in [0.1, 0.15) is 36.1 Å². The van der Waals surface area contributed by atoms with Crippen molar-refractivity contribution in [3.05, 3.63) is 58.8 Å². The Morgan fingerprint density at radius 1 is 1.11 bits per heavy atom. The van der Waals surface area contributed by atoms with Crippen molar-refractivity contribution in [2.24, 2.45) is 0 Å². The Balaban J connectivity index is 1.73. The standard InChI is InChI=1S/C22H23F5N4O3S/c1-35(33,34)30-20-16(23)11-14(12-17(20)24)13-28-19(32)8-6-15-5-7-18(22(25,26)27)29-21(15)31-9-3-2-4-10-31/h5-8,11-12,30H,2-4,9-10,13H2,1H3,(H,28,32)/b8-6+. The second-order valence-corrected chi connectivity index (χ2v) is 9.76. The van der Waals surface area contributed by atoms with Gasteiger partial charge in [0.25, 0.3) is 0 Å². The molecule has 1 saturated heterocycles. The molecule has 35 heavy (non-hydrogen) atoms. The van der Waals surface area contributed by atoms with Crippen molar-refractivity contribution in [2.75, 3.05) is 29.0 Å². The summed E-state index contributed by atoms with van der Waals surface area (Å²) >= 11 is 0. The van der Waals surface area contributed by atoms with Gasteiger partial charge >= 0.3 is 6.18 Å². The zero-order valence-corrected chi connectivity index (χ0v) is 19.4. The van der Waals surface area contributed by atoms with Gasteiger partial charge in [0.1, 0.15) is 17.2 Å². The second kappa shape index (κ2) is 10.6. The lowest BCUT2D eigenvalue weighted by Gasteiger charge is -2.29. The number of aromatic nitrogens is 1. The van der Waals surface area contributed by atoms with E-state index in [2.05, 4.69) is 10.3 Å². The van der Waals surface area contributed by atoms with Crippen LogP contribution in [0.25, 0.3) is 6.08 Å². The number of amides is 1. The predicted molar refractivity (Wildman–Crippen MR) is 121 cm³/mol. The van der Waals surface area contributed by atoms with Gasteiger partial charge in [-0.1, -0.05) is 0 Å². The van der Waals surface area contributed by atoms with Crippen LogP contribution >= 0.6 is 0 Å². The van der Waals surface area contributed by atoms with Crippen LogP contribution in [0.5, 0.6) is 0 Å². The minimum atomic E-state index is -4.61. The lowest BCUT2D eigenvalue weighted by Crippen LogP contribution is -2.31. The van der Waals surface area contributed by atoms with Gasteiger partial charge in [-0.25, -0.2) is 22.2 Å². The van der Waals surface area contributed by atoms with Gasteiger partial charge in [-0.15, -0.1) is 0 Å². The largest absolute Gasteiger partial charge is 0.433 e. The van der Waals surface area contributed by atoms with E-state index < -0.39 is 45.1 Å². The number of rotatable bonds is 7. The Kier molecular flexibility index (Phi) is 7.98. The van der Waals surface area contributed by atoms with Crippen molar-refractivity contribution in [1.29, 1.82) is 0 Å². The van der Waals surface area contributed by atoms with E-state index in [-0.39, 0.29) is 17.9 Å². The Labute approximate surface area is 199 Å². The van der Waals surface area contributed by atoms with Crippen molar-refractivity contribution in [3.8, 4) is 0 Å². The van der Waals surface area contributed by atoms with E-state index in [1.807, 2.05) is 0 Å². The minimum Gasteiger partial charge on any atom is -0.356 e. The molecule has 1 aromatic carbocycles. The van der Waals surface area contributed by atoms with E-state index >= 15 is 0 Å². The highest BCUT2D eigenvalue weighted by molar-refractivity contribution is 7.92. The monoisotopic (exact) mass is 518 g/mol. The zero-order valence-electron chi connectivity index (χ0n) is 18.6. The van der Waals surface area contributed by atoms with Crippen molar-refractivity contribution < 1.29 is 35.2 Å². The molecule has 2 N–H and O–H groups in total. The number of benzene rings is 1. The number of halogens is 5. The Morgan fingerprint density at radius 2 is 1.74 bits per heavy atom. The van der Waals surface area contributed by atoms with Gasteiger partial charge in [0, 0.05) is 31.3 Å². The third kappa shape index (κ3) is 7.38. The lowest BCUT2D eigenvalue weighted by atomic mass is 10.1. The molecule has 7 nitrogen and oxygen atoms in total. The fraction of sp³-hybridized carbons (Fsp3) is 0.364. The molecule has 0 radical (unpaired) electrons. The van der Waals surface area contributed by atoms with Crippen molar-refractivity contribution in [3.63, 3.8) is 0 Å². The number of anilines is 2. The fourth-order valence-corrected chi connectivity index (χ4v) is 4.10. The van der Waals surface area contributed by atoms with E-state index in [4.69, 9.17) is 0 Å². The van der Waals surface area contributed by atoms with Crippen LogP contribution in [0.4, 0.5) is 33.5 Å². The van der Waals surface area contributed by atoms with Crippen molar-refractivity contribution >= 4 is 33.5 Å². The molecule has 1 aromatic heterocycles. The number of nitrogens with one attached hydrogen (secondary N) is 2. The summed E-state index contributed by atoms with van der Waals surface area (Å²) in [6, 6.07) is 3.81. The predicted octanol–water partition coefficient (Wildman–Crippen LogP) is 4.07. The topological polar surface area (TPSA) is 91.4 Å². The highest BCUT2D eigenvalue weighted by atomic mass is 32.2. The summed E-state index contributed by atoms with van der Waals surface area (Å²) in [7, 11) is -3.90. The van der Waals surface area contributed by atoms with Crippen LogP contribution in [0.2, 0.25) is 0 Å². The first-order valence-electron chi connectivity index (χ1n) is 10.6. The third-order valence-electron chi connectivity index (χ3n) is 5.12. The molecule has 0 atom stereocenters. The number of pyridine rings is 1. The average Bonchev–Trinajstić information content (AvgIpc) is 2.78. The van der Waals surface area contributed by atoms with Gasteiger partial charge in [0.15, 0.2) is 11.6 Å². The summed E-state index contributed by atoms with van der Waals surface area (Å²) in [6.45, 7) is 0.811. The molecule has 0 unspecified atom stereocenters. The highest BCUT2D eigenvalue weighted by Gasteiger charge is 2.33. The van der Waals surface area contributed by atoms with E-state index in [0.717, 1.165) is 49.8 Å². The first kappa shape index (κ1) is 26.4. The van der Waals surface area contributed by atoms with Crippen LogP contribution in [0.3, 0.4) is 0 Å². The molecule has 0 bridgehead atoms. The molecular weight excluding hydrogens is 495 g/mol. The first-order chi connectivity index (χ1) is 16.3. The van der Waals surface area contributed by atoms with E-state index in [1.54, 1.807) is 9.62 Å². The maximum Gasteiger partial charge on any atom is 0.433 e. The summed E-state index contributed by atoms with van der Waals surface area (Å²) in [4.78, 5) is 17.8.